The van der Waals surface area contributed by atoms with E-state index in [-0.39, 0.29) is 17.5 Å². The molecule has 5 heteroatoms. The minimum atomic E-state index is -0.589. The van der Waals surface area contributed by atoms with E-state index in [4.69, 9.17) is 9.15 Å². The number of carbonyl (C=O) groups is 1. The first-order valence-corrected chi connectivity index (χ1v) is 8.65. The molecule has 1 saturated heterocycles. The fraction of sp³-hybridized carbons (Fsp3) is 0.238. The molecular formula is C21H19NO4. The van der Waals surface area contributed by atoms with E-state index in [2.05, 4.69) is 0 Å². The van der Waals surface area contributed by atoms with Crippen LogP contribution in [0.2, 0.25) is 0 Å². The highest BCUT2D eigenvalue weighted by molar-refractivity contribution is 5.97. The molecule has 0 unspecified atom stereocenters. The number of para-hydroxylation sites is 1. The van der Waals surface area contributed by atoms with Gasteiger partial charge in [-0.3, -0.25) is 4.79 Å². The van der Waals surface area contributed by atoms with Crippen LogP contribution in [0.4, 0.5) is 0 Å². The summed E-state index contributed by atoms with van der Waals surface area (Å²) in [4.78, 5) is 27.2. The average Bonchev–Trinajstić information content (AvgIpc) is 3.17. The summed E-state index contributed by atoms with van der Waals surface area (Å²) in [6.45, 7) is 0.627. The summed E-state index contributed by atoms with van der Waals surface area (Å²) in [5.74, 6) is 0.502. The number of hydrogen-bond acceptors (Lipinski definition) is 4. The molecule has 5 nitrogen and oxygen atoms in total. The smallest absolute Gasteiger partial charge is 0.349 e. The van der Waals surface area contributed by atoms with E-state index in [0.29, 0.717) is 12.1 Å². The first-order valence-electron chi connectivity index (χ1n) is 8.65. The van der Waals surface area contributed by atoms with Gasteiger partial charge in [0.2, 0.25) is 0 Å². The van der Waals surface area contributed by atoms with Gasteiger partial charge >= 0.3 is 5.63 Å². The van der Waals surface area contributed by atoms with Crippen molar-refractivity contribution in [2.24, 2.45) is 0 Å². The first-order chi connectivity index (χ1) is 12.7. The number of fused-ring (bicyclic) bond motifs is 1. The van der Waals surface area contributed by atoms with E-state index < -0.39 is 5.63 Å². The Morgan fingerprint density at radius 2 is 1.92 bits per heavy atom. The van der Waals surface area contributed by atoms with Gasteiger partial charge in [-0.1, -0.05) is 30.3 Å². The molecule has 0 radical (unpaired) electrons. The van der Waals surface area contributed by atoms with Gasteiger partial charge in [-0.2, -0.15) is 0 Å². The van der Waals surface area contributed by atoms with Crippen molar-refractivity contribution in [3.63, 3.8) is 0 Å². The molecule has 1 aliphatic heterocycles. The highest BCUT2D eigenvalue weighted by atomic mass is 16.5. The minimum Gasteiger partial charge on any atom is -0.497 e. The summed E-state index contributed by atoms with van der Waals surface area (Å²) in [5.41, 5.74) is 1.03. The third-order valence-corrected chi connectivity index (χ3v) is 4.89. The normalized spacial score (nSPS) is 16.8. The van der Waals surface area contributed by atoms with Crippen LogP contribution in [0, 0.1) is 0 Å². The summed E-state index contributed by atoms with van der Waals surface area (Å²) in [6, 6.07) is 16.5. The Morgan fingerprint density at radius 1 is 1.15 bits per heavy atom. The highest BCUT2D eigenvalue weighted by Gasteiger charge is 2.32. The maximum absolute atomic E-state index is 13.1. The zero-order valence-corrected chi connectivity index (χ0v) is 14.5. The highest BCUT2D eigenvalue weighted by Crippen LogP contribution is 2.33. The second kappa shape index (κ2) is 6.67. The lowest BCUT2D eigenvalue weighted by molar-refractivity contribution is 0.0731. The van der Waals surface area contributed by atoms with Gasteiger partial charge in [0.1, 0.15) is 16.9 Å². The van der Waals surface area contributed by atoms with Crippen LogP contribution < -0.4 is 10.4 Å². The van der Waals surface area contributed by atoms with Crippen molar-refractivity contribution in [3.8, 4) is 5.75 Å². The summed E-state index contributed by atoms with van der Waals surface area (Å²) in [5, 5.41) is 0.746. The van der Waals surface area contributed by atoms with Gasteiger partial charge in [-0.05, 0) is 42.7 Å². The van der Waals surface area contributed by atoms with Crippen LogP contribution in [0.15, 0.2) is 63.8 Å². The summed E-state index contributed by atoms with van der Waals surface area (Å²) in [6.07, 6.45) is 1.78. The lowest BCUT2D eigenvalue weighted by Gasteiger charge is -2.25. The maximum Gasteiger partial charge on any atom is 0.349 e. The molecular weight excluding hydrogens is 330 g/mol. The number of nitrogens with zero attached hydrogens (tertiary/aromatic N) is 1. The Hall–Kier alpha value is -3.08. The number of carbonyl (C=O) groups excluding carboxylic acids is 1. The predicted molar refractivity (Wildman–Crippen MR) is 98.5 cm³/mol. The van der Waals surface area contributed by atoms with Gasteiger partial charge in [-0.15, -0.1) is 0 Å². The molecule has 0 aliphatic carbocycles. The molecule has 1 aromatic heterocycles. The monoisotopic (exact) mass is 349 g/mol. The van der Waals surface area contributed by atoms with Crippen LogP contribution in [0.1, 0.15) is 34.8 Å². The molecule has 132 valence electrons. The van der Waals surface area contributed by atoms with Crippen molar-refractivity contribution in [1.29, 1.82) is 0 Å². The molecule has 0 saturated carbocycles. The fourth-order valence-electron chi connectivity index (χ4n) is 3.55. The number of methoxy groups -OCH3 is 1. The Kier molecular flexibility index (Phi) is 4.21. The molecule has 1 aliphatic rings. The van der Waals surface area contributed by atoms with Crippen molar-refractivity contribution in [2.45, 2.75) is 18.9 Å². The zero-order chi connectivity index (χ0) is 18.1. The van der Waals surface area contributed by atoms with Gasteiger partial charge in [-0.25, -0.2) is 4.79 Å². The number of likely N-dealkylation sites (tertiary alicyclic amines) is 1. The topological polar surface area (TPSA) is 59.8 Å². The number of ether oxygens (including phenoxy) is 1. The van der Waals surface area contributed by atoms with Crippen molar-refractivity contribution >= 4 is 16.9 Å². The quantitative estimate of drug-likeness (QED) is 0.675. The Morgan fingerprint density at radius 3 is 2.69 bits per heavy atom. The van der Waals surface area contributed by atoms with Crippen molar-refractivity contribution in [2.75, 3.05) is 13.7 Å². The molecule has 0 bridgehead atoms. The molecule has 1 fully saturated rings. The second-order valence-electron chi connectivity index (χ2n) is 6.42. The van der Waals surface area contributed by atoms with Crippen LogP contribution in [0.5, 0.6) is 5.75 Å². The van der Waals surface area contributed by atoms with Crippen LogP contribution in [0.25, 0.3) is 11.0 Å². The van der Waals surface area contributed by atoms with Gasteiger partial charge in [0.15, 0.2) is 0 Å². The van der Waals surface area contributed by atoms with E-state index in [0.717, 1.165) is 29.5 Å². The van der Waals surface area contributed by atoms with Crippen LogP contribution in [-0.4, -0.2) is 24.5 Å². The third kappa shape index (κ3) is 2.86. The predicted octanol–water partition coefficient (Wildman–Crippen LogP) is 3.78. The van der Waals surface area contributed by atoms with Crippen LogP contribution in [0.3, 0.4) is 0 Å². The van der Waals surface area contributed by atoms with Gasteiger partial charge in [0, 0.05) is 11.9 Å². The van der Waals surface area contributed by atoms with Crippen molar-refractivity contribution in [1.82, 2.24) is 4.90 Å². The van der Waals surface area contributed by atoms with Crippen molar-refractivity contribution in [3.05, 3.63) is 76.1 Å². The number of rotatable bonds is 3. The Bertz CT molecular complexity index is 1010. The maximum atomic E-state index is 13.1. The van der Waals surface area contributed by atoms with E-state index in [9.17, 15) is 9.59 Å². The molecule has 0 spiro atoms. The van der Waals surface area contributed by atoms with Gasteiger partial charge in [0.05, 0.1) is 13.2 Å². The molecule has 0 N–H and O–H groups in total. The standard InChI is InChI=1S/C21H19NO4/c1-25-16-10-8-14(9-11-16)18-6-4-12-22(18)20(23)17-13-15-5-2-3-7-19(15)26-21(17)24/h2-3,5,7-11,13,18H,4,6,12H2,1H3/t18-/m0/s1. The summed E-state index contributed by atoms with van der Waals surface area (Å²) >= 11 is 0. The number of amides is 1. The molecule has 4 rings (SSSR count). The number of benzene rings is 2. The number of hydrogen-bond donors (Lipinski definition) is 0. The lowest BCUT2D eigenvalue weighted by atomic mass is 10.0. The first kappa shape index (κ1) is 16.4. The Labute approximate surface area is 150 Å². The van der Waals surface area contributed by atoms with E-state index in [1.165, 1.54) is 0 Å². The fourth-order valence-corrected chi connectivity index (χ4v) is 3.55. The zero-order valence-electron chi connectivity index (χ0n) is 14.5. The molecule has 1 amide bonds. The third-order valence-electron chi connectivity index (χ3n) is 4.89. The van der Waals surface area contributed by atoms with E-state index >= 15 is 0 Å². The molecule has 3 aromatic rings. The van der Waals surface area contributed by atoms with Gasteiger partial charge < -0.3 is 14.1 Å². The van der Waals surface area contributed by atoms with Gasteiger partial charge in [0.25, 0.3) is 5.91 Å². The summed E-state index contributed by atoms with van der Waals surface area (Å²) < 4.78 is 10.5. The van der Waals surface area contributed by atoms with E-state index in [1.54, 1.807) is 30.2 Å². The second-order valence-corrected chi connectivity index (χ2v) is 6.42. The summed E-state index contributed by atoms with van der Waals surface area (Å²) in [7, 11) is 1.62. The molecule has 2 aromatic carbocycles. The largest absolute Gasteiger partial charge is 0.497 e. The lowest BCUT2D eigenvalue weighted by Crippen LogP contribution is -2.33. The molecule has 26 heavy (non-hydrogen) atoms. The van der Waals surface area contributed by atoms with E-state index in [1.807, 2.05) is 36.4 Å². The SMILES string of the molecule is COc1ccc([C@@H]2CCCN2C(=O)c2cc3ccccc3oc2=O)cc1. The van der Waals surface area contributed by atoms with Crippen molar-refractivity contribution < 1.29 is 13.9 Å². The Balaban J connectivity index is 1.68. The van der Waals surface area contributed by atoms with Crippen LogP contribution in [-0.2, 0) is 0 Å². The molecule has 2 heterocycles. The molecule has 1 atom stereocenters. The average molecular weight is 349 g/mol. The van der Waals surface area contributed by atoms with Crippen LogP contribution >= 0.6 is 0 Å². The minimum absolute atomic E-state index is 0.0423.